The topological polar surface area (TPSA) is 67.0 Å². The third-order valence-corrected chi connectivity index (χ3v) is 3.43. The second kappa shape index (κ2) is 5.51. The minimum atomic E-state index is -0.320. The predicted molar refractivity (Wildman–Crippen MR) is 66.5 cm³/mol. The Kier molecular flexibility index (Phi) is 4.02. The third kappa shape index (κ3) is 2.79. The first-order valence-corrected chi connectivity index (χ1v) is 6.18. The number of nitrogens with one attached hydrogen (secondary N) is 2. The maximum Gasteiger partial charge on any atom is 0.271 e. The number of aromatic amines is 1. The molecule has 1 aliphatic rings. The van der Waals surface area contributed by atoms with E-state index in [0.29, 0.717) is 17.8 Å². The highest BCUT2D eigenvalue weighted by molar-refractivity contribution is 6.32. The van der Waals surface area contributed by atoms with Crippen LogP contribution in [0.5, 0.6) is 0 Å². The van der Waals surface area contributed by atoms with Crippen molar-refractivity contribution in [1.29, 1.82) is 0 Å². The number of halogens is 1. The maximum absolute atomic E-state index is 11.3. The highest BCUT2D eigenvalue weighted by Gasteiger charge is 2.26. The Balaban J connectivity index is 1.98. The molecule has 5 nitrogen and oxygen atoms in total. The van der Waals surface area contributed by atoms with E-state index in [-0.39, 0.29) is 10.6 Å². The van der Waals surface area contributed by atoms with Gasteiger partial charge in [-0.3, -0.25) is 4.79 Å². The van der Waals surface area contributed by atoms with Gasteiger partial charge in [0, 0.05) is 19.1 Å². The third-order valence-electron chi connectivity index (χ3n) is 3.08. The molecule has 1 saturated heterocycles. The van der Waals surface area contributed by atoms with Crippen LogP contribution in [0.4, 0.5) is 5.82 Å². The monoisotopic (exact) mass is 257 g/mol. The molecule has 0 aromatic carbocycles. The molecule has 17 heavy (non-hydrogen) atoms. The van der Waals surface area contributed by atoms with E-state index >= 15 is 0 Å². The summed E-state index contributed by atoms with van der Waals surface area (Å²) < 4.78 is 5.60. The molecule has 94 valence electrons. The molecule has 1 aromatic heterocycles. The number of ether oxygens (including phenoxy) is 1. The van der Waals surface area contributed by atoms with Crippen molar-refractivity contribution in [3.63, 3.8) is 0 Å². The summed E-state index contributed by atoms with van der Waals surface area (Å²) in [4.78, 5) is 17.7. The van der Waals surface area contributed by atoms with Crippen molar-refractivity contribution in [3.8, 4) is 0 Å². The largest absolute Gasteiger partial charge is 0.378 e. The van der Waals surface area contributed by atoms with Crippen LogP contribution in [0.2, 0.25) is 5.02 Å². The van der Waals surface area contributed by atoms with Crippen molar-refractivity contribution in [2.75, 3.05) is 18.5 Å². The zero-order chi connectivity index (χ0) is 12.3. The molecular formula is C11H16ClN3O2. The number of nitrogens with zero attached hydrogens (tertiary/aromatic N) is 1. The quantitative estimate of drug-likeness (QED) is 0.861. The lowest BCUT2D eigenvalue weighted by molar-refractivity contribution is 0.0900. The fourth-order valence-electron chi connectivity index (χ4n) is 2.11. The van der Waals surface area contributed by atoms with Gasteiger partial charge < -0.3 is 15.0 Å². The maximum atomic E-state index is 11.3. The lowest BCUT2D eigenvalue weighted by Gasteiger charge is -2.17. The van der Waals surface area contributed by atoms with Crippen LogP contribution >= 0.6 is 11.6 Å². The lowest BCUT2D eigenvalue weighted by Crippen LogP contribution is -2.24. The Hall–Kier alpha value is -1.07. The average Bonchev–Trinajstić information content (AvgIpc) is 2.78. The zero-order valence-corrected chi connectivity index (χ0v) is 10.5. The molecule has 1 fully saturated rings. The van der Waals surface area contributed by atoms with E-state index in [2.05, 4.69) is 22.2 Å². The van der Waals surface area contributed by atoms with E-state index in [1.54, 1.807) is 0 Å². The minimum absolute atomic E-state index is 0.111. The molecule has 1 aromatic rings. The fourth-order valence-corrected chi connectivity index (χ4v) is 2.28. The second-order valence-electron chi connectivity index (χ2n) is 4.14. The molecule has 0 aliphatic carbocycles. The highest BCUT2D eigenvalue weighted by atomic mass is 35.5. The fraction of sp³-hybridized carbons (Fsp3) is 0.636. The number of anilines is 1. The van der Waals surface area contributed by atoms with Gasteiger partial charge in [0.2, 0.25) is 0 Å². The van der Waals surface area contributed by atoms with Crippen LogP contribution in [0, 0.1) is 5.92 Å². The SMILES string of the molecule is CCC1OCCC1CNc1nc[nH]c(=O)c1Cl. The van der Waals surface area contributed by atoms with Gasteiger partial charge in [-0.05, 0) is 12.8 Å². The van der Waals surface area contributed by atoms with Gasteiger partial charge in [0.05, 0.1) is 12.4 Å². The summed E-state index contributed by atoms with van der Waals surface area (Å²) in [5.74, 6) is 0.898. The summed E-state index contributed by atoms with van der Waals surface area (Å²) in [6, 6.07) is 0. The Morgan fingerprint density at radius 2 is 2.53 bits per heavy atom. The zero-order valence-electron chi connectivity index (χ0n) is 9.70. The van der Waals surface area contributed by atoms with Crippen LogP contribution in [0.1, 0.15) is 19.8 Å². The minimum Gasteiger partial charge on any atom is -0.378 e. The molecule has 0 radical (unpaired) electrons. The van der Waals surface area contributed by atoms with Gasteiger partial charge in [-0.15, -0.1) is 0 Å². The summed E-state index contributed by atoms with van der Waals surface area (Å²) in [6.45, 7) is 3.65. The molecule has 2 heterocycles. The van der Waals surface area contributed by atoms with E-state index in [9.17, 15) is 4.79 Å². The first-order chi connectivity index (χ1) is 8.22. The van der Waals surface area contributed by atoms with Gasteiger partial charge in [-0.2, -0.15) is 0 Å². The summed E-state index contributed by atoms with van der Waals surface area (Å²) in [6.07, 6.45) is 3.68. The van der Waals surface area contributed by atoms with Crippen molar-refractivity contribution in [3.05, 3.63) is 21.7 Å². The van der Waals surface area contributed by atoms with Gasteiger partial charge in [0.15, 0.2) is 5.82 Å². The molecule has 2 atom stereocenters. The van der Waals surface area contributed by atoms with Gasteiger partial charge in [-0.1, -0.05) is 18.5 Å². The van der Waals surface area contributed by atoms with Crippen LogP contribution in [-0.4, -0.2) is 29.2 Å². The summed E-state index contributed by atoms with van der Waals surface area (Å²) >= 11 is 5.85. The van der Waals surface area contributed by atoms with E-state index in [1.807, 2.05) is 0 Å². The van der Waals surface area contributed by atoms with E-state index in [1.165, 1.54) is 6.33 Å². The molecule has 0 amide bonds. The van der Waals surface area contributed by atoms with Crippen LogP contribution in [-0.2, 0) is 4.74 Å². The van der Waals surface area contributed by atoms with Crippen LogP contribution in [0.15, 0.2) is 11.1 Å². The molecule has 0 saturated carbocycles. The van der Waals surface area contributed by atoms with Crippen molar-refractivity contribution in [2.45, 2.75) is 25.9 Å². The second-order valence-corrected chi connectivity index (χ2v) is 4.52. The number of aromatic nitrogens is 2. The van der Waals surface area contributed by atoms with Crippen molar-refractivity contribution in [1.82, 2.24) is 9.97 Å². The molecule has 0 spiro atoms. The van der Waals surface area contributed by atoms with E-state index in [0.717, 1.165) is 26.0 Å². The van der Waals surface area contributed by atoms with Crippen LogP contribution in [0.3, 0.4) is 0 Å². The van der Waals surface area contributed by atoms with Gasteiger partial charge >= 0.3 is 0 Å². The molecule has 2 rings (SSSR count). The van der Waals surface area contributed by atoms with E-state index in [4.69, 9.17) is 16.3 Å². The van der Waals surface area contributed by atoms with Gasteiger partial charge in [0.25, 0.3) is 5.56 Å². The van der Waals surface area contributed by atoms with Crippen LogP contribution < -0.4 is 10.9 Å². The molecule has 6 heteroatoms. The molecule has 2 N–H and O–H groups in total. The van der Waals surface area contributed by atoms with E-state index < -0.39 is 0 Å². The molecular weight excluding hydrogens is 242 g/mol. The highest BCUT2D eigenvalue weighted by Crippen LogP contribution is 2.24. The number of hydrogen-bond donors (Lipinski definition) is 2. The Labute approximate surface area is 105 Å². The van der Waals surface area contributed by atoms with Crippen molar-refractivity contribution in [2.24, 2.45) is 5.92 Å². The predicted octanol–water partition coefficient (Wildman–Crippen LogP) is 1.65. The Morgan fingerprint density at radius 1 is 1.71 bits per heavy atom. The molecule has 2 unspecified atom stereocenters. The number of hydrogen-bond acceptors (Lipinski definition) is 4. The first kappa shape index (κ1) is 12.4. The Bertz CT molecular complexity index is 435. The summed E-state index contributed by atoms with van der Waals surface area (Å²) in [5.41, 5.74) is -0.320. The number of H-pyrrole nitrogens is 1. The van der Waals surface area contributed by atoms with Crippen molar-refractivity contribution < 1.29 is 4.74 Å². The standard InChI is InChI=1S/C11H16ClN3O2/c1-2-8-7(3-4-17-8)5-13-10-9(12)11(16)15-6-14-10/h6-8H,2-5H2,1H3,(H2,13,14,15,16). The number of rotatable bonds is 4. The summed E-state index contributed by atoms with van der Waals surface area (Å²) in [5, 5.41) is 3.23. The van der Waals surface area contributed by atoms with Crippen molar-refractivity contribution >= 4 is 17.4 Å². The normalized spacial score (nSPS) is 23.9. The lowest BCUT2D eigenvalue weighted by atomic mass is 10.00. The smallest absolute Gasteiger partial charge is 0.271 e. The van der Waals surface area contributed by atoms with Crippen LogP contribution in [0.25, 0.3) is 0 Å². The summed E-state index contributed by atoms with van der Waals surface area (Å²) in [7, 11) is 0. The van der Waals surface area contributed by atoms with Gasteiger partial charge in [0.1, 0.15) is 5.02 Å². The van der Waals surface area contributed by atoms with Gasteiger partial charge in [-0.25, -0.2) is 4.98 Å². The molecule has 0 bridgehead atoms. The Morgan fingerprint density at radius 3 is 3.29 bits per heavy atom. The average molecular weight is 258 g/mol. The molecule has 1 aliphatic heterocycles. The first-order valence-electron chi connectivity index (χ1n) is 5.81.